The Hall–Kier alpha value is -1.07. The summed E-state index contributed by atoms with van der Waals surface area (Å²) in [6.07, 6.45) is 3.53. The van der Waals surface area contributed by atoms with E-state index in [2.05, 4.69) is 16.9 Å². The van der Waals surface area contributed by atoms with E-state index < -0.39 is 0 Å². The molecule has 5 nitrogen and oxygen atoms in total. The molecule has 112 valence electrons. The van der Waals surface area contributed by atoms with Crippen LogP contribution in [0.4, 0.5) is 5.69 Å². The van der Waals surface area contributed by atoms with Crippen LogP contribution >= 0.6 is 11.6 Å². The van der Waals surface area contributed by atoms with Gasteiger partial charge in [0.1, 0.15) is 5.02 Å². The third-order valence-corrected chi connectivity index (χ3v) is 4.09. The minimum absolute atomic E-state index is 0.208. The molecule has 1 aliphatic rings. The summed E-state index contributed by atoms with van der Waals surface area (Å²) in [7, 11) is 0. The zero-order chi connectivity index (χ0) is 14.9. The van der Waals surface area contributed by atoms with E-state index in [0.29, 0.717) is 12.5 Å². The molecule has 1 aromatic rings. The summed E-state index contributed by atoms with van der Waals surface area (Å²) < 4.78 is 1.44. The molecule has 2 N–H and O–H groups in total. The van der Waals surface area contributed by atoms with Gasteiger partial charge in [-0.25, -0.2) is 4.68 Å². The Bertz CT molecular complexity index is 528. The first-order valence-corrected chi connectivity index (χ1v) is 7.55. The van der Waals surface area contributed by atoms with Gasteiger partial charge in [-0.2, -0.15) is 5.10 Å². The highest BCUT2D eigenvalue weighted by Gasteiger charge is 2.26. The van der Waals surface area contributed by atoms with Crippen molar-refractivity contribution in [2.24, 2.45) is 11.7 Å². The van der Waals surface area contributed by atoms with Crippen LogP contribution in [0.15, 0.2) is 11.0 Å². The number of hydrogen-bond donors (Lipinski definition) is 1. The molecule has 1 saturated heterocycles. The third-order valence-electron chi connectivity index (χ3n) is 3.73. The van der Waals surface area contributed by atoms with Crippen LogP contribution < -0.4 is 16.2 Å². The van der Waals surface area contributed by atoms with Gasteiger partial charge in [-0.05, 0) is 25.7 Å². The molecule has 0 spiro atoms. The van der Waals surface area contributed by atoms with Crippen LogP contribution in [0.1, 0.15) is 33.6 Å². The van der Waals surface area contributed by atoms with Crippen LogP contribution in [0, 0.1) is 5.92 Å². The van der Waals surface area contributed by atoms with E-state index in [1.807, 2.05) is 13.8 Å². The predicted octanol–water partition coefficient (Wildman–Crippen LogP) is 1.87. The average Bonchev–Trinajstić information content (AvgIpc) is 2.36. The molecule has 1 fully saturated rings. The molecule has 2 atom stereocenters. The van der Waals surface area contributed by atoms with Crippen LogP contribution in [0.3, 0.4) is 0 Å². The first kappa shape index (κ1) is 15.3. The lowest BCUT2D eigenvalue weighted by molar-refractivity contribution is 0.426. The van der Waals surface area contributed by atoms with Gasteiger partial charge in [0.15, 0.2) is 0 Å². The molecule has 1 aromatic heterocycles. The Morgan fingerprint density at radius 2 is 2.25 bits per heavy atom. The second kappa shape index (κ2) is 6.14. The van der Waals surface area contributed by atoms with Crippen LogP contribution in [-0.4, -0.2) is 28.4 Å². The maximum absolute atomic E-state index is 12.3. The summed E-state index contributed by atoms with van der Waals surface area (Å²) in [5.74, 6) is 0.356. The molecular formula is C14H23ClN4O. The van der Waals surface area contributed by atoms with E-state index in [1.54, 1.807) is 6.20 Å². The van der Waals surface area contributed by atoms with Crippen LogP contribution in [0.5, 0.6) is 0 Å². The molecule has 0 saturated carbocycles. The van der Waals surface area contributed by atoms with Crippen molar-refractivity contribution < 1.29 is 0 Å². The first-order chi connectivity index (χ1) is 9.40. The lowest BCUT2D eigenvalue weighted by atomic mass is 9.99. The number of nitrogens with zero attached hydrogens (tertiary/aromatic N) is 3. The summed E-state index contributed by atoms with van der Waals surface area (Å²) in [4.78, 5) is 14.4. The summed E-state index contributed by atoms with van der Waals surface area (Å²) in [5.41, 5.74) is 6.50. The van der Waals surface area contributed by atoms with Crippen molar-refractivity contribution in [3.63, 3.8) is 0 Å². The summed E-state index contributed by atoms with van der Waals surface area (Å²) >= 11 is 6.27. The van der Waals surface area contributed by atoms with E-state index in [1.165, 1.54) is 4.68 Å². The molecule has 1 aliphatic heterocycles. The molecule has 0 amide bonds. The SMILES string of the molecule is CC(C)Cn1ncc(N2CCC(N)CC2C)c(Cl)c1=O. The predicted molar refractivity (Wildman–Crippen MR) is 82.4 cm³/mol. The van der Waals surface area contributed by atoms with Crippen molar-refractivity contribution in [3.8, 4) is 0 Å². The van der Waals surface area contributed by atoms with Crippen LogP contribution in [-0.2, 0) is 6.54 Å². The number of halogens is 1. The Labute approximate surface area is 124 Å². The zero-order valence-corrected chi connectivity index (χ0v) is 13.1. The smallest absolute Gasteiger partial charge is 0.287 e. The number of rotatable bonds is 3. The van der Waals surface area contributed by atoms with Crippen molar-refractivity contribution in [3.05, 3.63) is 21.6 Å². The number of hydrogen-bond acceptors (Lipinski definition) is 4. The van der Waals surface area contributed by atoms with Crippen LogP contribution in [0.25, 0.3) is 0 Å². The Kier molecular flexibility index (Phi) is 4.70. The number of anilines is 1. The lowest BCUT2D eigenvalue weighted by Crippen LogP contribution is -2.46. The Balaban J connectivity index is 2.30. The maximum atomic E-state index is 12.3. The van der Waals surface area contributed by atoms with Gasteiger partial charge in [0.2, 0.25) is 0 Å². The van der Waals surface area contributed by atoms with Gasteiger partial charge in [0, 0.05) is 25.2 Å². The van der Waals surface area contributed by atoms with Crippen LogP contribution in [0.2, 0.25) is 5.02 Å². The molecule has 0 aromatic carbocycles. The highest BCUT2D eigenvalue weighted by molar-refractivity contribution is 6.33. The summed E-state index contributed by atoms with van der Waals surface area (Å²) in [6.45, 7) is 7.60. The van der Waals surface area contributed by atoms with Crippen molar-refractivity contribution in [2.45, 2.75) is 52.2 Å². The minimum Gasteiger partial charge on any atom is -0.366 e. The van der Waals surface area contributed by atoms with E-state index in [0.717, 1.165) is 25.1 Å². The van der Waals surface area contributed by atoms with E-state index in [-0.39, 0.29) is 22.7 Å². The monoisotopic (exact) mass is 298 g/mol. The van der Waals surface area contributed by atoms with E-state index in [4.69, 9.17) is 17.3 Å². The summed E-state index contributed by atoms with van der Waals surface area (Å²) in [6, 6.07) is 0.507. The van der Waals surface area contributed by atoms with Gasteiger partial charge in [-0.3, -0.25) is 4.79 Å². The third kappa shape index (κ3) is 3.15. The quantitative estimate of drug-likeness (QED) is 0.925. The molecule has 2 unspecified atom stereocenters. The van der Waals surface area contributed by atoms with Gasteiger partial charge in [-0.1, -0.05) is 25.4 Å². The van der Waals surface area contributed by atoms with Crippen molar-refractivity contribution in [2.75, 3.05) is 11.4 Å². The molecule has 6 heteroatoms. The molecule has 20 heavy (non-hydrogen) atoms. The Morgan fingerprint density at radius 1 is 1.55 bits per heavy atom. The maximum Gasteiger partial charge on any atom is 0.287 e. The lowest BCUT2D eigenvalue weighted by Gasteiger charge is -2.38. The molecular weight excluding hydrogens is 276 g/mol. The highest BCUT2D eigenvalue weighted by atomic mass is 35.5. The Morgan fingerprint density at radius 3 is 2.85 bits per heavy atom. The van der Waals surface area contributed by atoms with Gasteiger partial charge in [-0.15, -0.1) is 0 Å². The fourth-order valence-corrected chi connectivity index (χ4v) is 2.95. The van der Waals surface area contributed by atoms with Crippen molar-refractivity contribution >= 4 is 17.3 Å². The van der Waals surface area contributed by atoms with E-state index >= 15 is 0 Å². The second-order valence-corrected chi connectivity index (χ2v) is 6.43. The molecule has 0 bridgehead atoms. The zero-order valence-electron chi connectivity index (χ0n) is 12.3. The van der Waals surface area contributed by atoms with Gasteiger partial charge in [0.25, 0.3) is 5.56 Å². The minimum atomic E-state index is -0.208. The standard InChI is InChI=1S/C14H23ClN4O/c1-9(2)8-19-14(20)13(15)12(7-17-19)18-5-4-11(16)6-10(18)3/h7,9-11H,4-6,8,16H2,1-3H3. The highest BCUT2D eigenvalue weighted by Crippen LogP contribution is 2.27. The van der Waals surface area contributed by atoms with Gasteiger partial charge in [0.05, 0.1) is 11.9 Å². The number of aromatic nitrogens is 2. The molecule has 2 rings (SSSR count). The van der Waals surface area contributed by atoms with Gasteiger partial charge >= 0.3 is 0 Å². The average molecular weight is 299 g/mol. The fraction of sp³-hybridized carbons (Fsp3) is 0.714. The largest absolute Gasteiger partial charge is 0.366 e. The molecule has 0 aliphatic carbocycles. The van der Waals surface area contributed by atoms with Crippen molar-refractivity contribution in [1.29, 1.82) is 0 Å². The second-order valence-electron chi connectivity index (χ2n) is 6.05. The number of nitrogens with two attached hydrogens (primary N) is 1. The normalized spacial score (nSPS) is 23.4. The topological polar surface area (TPSA) is 64.2 Å². The number of piperidine rings is 1. The van der Waals surface area contributed by atoms with Gasteiger partial charge < -0.3 is 10.6 Å². The summed E-state index contributed by atoms with van der Waals surface area (Å²) in [5, 5.41) is 4.52. The first-order valence-electron chi connectivity index (χ1n) is 7.18. The van der Waals surface area contributed by atoms with Crippen molar-refractivity contribution in [1.82, 2.24) is 9.78 Å². The molecule has 2 heterocycles. The molecule has 0 radical (unpaired) electrons. The van der Waals surface area contributed by atoms with E-state index in [9.17, 15) is 4.79 Å². The fourth-order valence-electron chi connectivity index (χ4n) is 2.70.